The highest BCUT2D eigenvalue weighted by molar-refractivity contribution is 5.50. The number of methoxy groups -OCH3 is 1. The Morgan fingerprint density at radius 1 is 1.29 bits per heavy atom. The molecule has 2 aliphatic rings. The van der Waals surface area contributed by atoms with Crippen LogP contribution in [-0.2, 0) is 15.1 Å². The highest BCUT2D eigenvalue weighted by Gasteiger charge is 2.35. The third-order valence-corrected chi connectivity index (χ3v) is 4.74. The van der Waals surface area contributed by atoms with Crippen molar-refractivity contribution in [1.29, 1.82) is 0 Å². The lowest BCUT2D eigenvalue weighted by Gasteiger charge is -2.32. The minimum absolute atomic E-state index is 0.171. The monoisotopic (exact) mass is 325 g/mol. The molecule has 0 aromatic heterocycles. The van der Waals surface area contributed by atoms with Gasteiger partial charge in [0.2, 0.25) is 0 Å². The van der Waals surface area contributed by atoms with Crippen molar-refractivity contribution in [2.24, 2.45) is 5.92 Å². The fourth-order valence-corrected chi connectivity index (χ4v) is 3.21. The average Bonchev–Trinajstić information content (AvgIpc) is 2.68. The van der Waals surface area contributed by atoms with Crippen molar-refractivity contribution in [3.05, 3.63) is 53.8 Å². The zero-order valence-corrected chi connectivity index (χ0v) is 13.9. The first kappa shape index (κ1) is 16.6. The number of rotatable bonds is 4. The number of nitrogens with zero attached hydrogens (tertiary/aromatic N) is 1. The van der Waals surface area contributed by atoms with Crippen molar-refractivity contribution in [2.75, 3.05) is 38.3 Å². The van der Waals surface area contributed by atoms with Crippen LogP contribution in [0.2, 0.25) is 0 Å². The van der Waals surface area contributed by atoms with Crippen LogP contribution in [0.4, 0.5) is 5.69 Å². The molecule has 4 heteroatoms. The molecule has 1 saturated heterocycles. The zero-order valence-electron chi connectivity index (χ0n) is 13.9. The van der Waals surface area contributed by atoms with Gasteiger partial charge in [-0.05, 0) is 36.3 Å². The molecule has 1 aromatic rings. The molecule has 1 N–H and O–H groups in total. The van der Waals surface area contributed by atoms with E-state index in [0.717, 1.165) is 43.3 Å². The molecule has 2 unspecified atom stereocenters. The highest BCUT2D eigenvalue weighted by Crippen LogP contribution is 2.36. The van der Waals surface area contributed by atoms with Gasteiger partial charge in [-0.25, -0.2) is 0 Å². The van der Waals surface area contributed by atoms with Crippen LogP contribution in [-0.4, -0.2) is 38.5 Å². The fraction of sp³-hybridized carbons (Fsp3) is 0.400. The van der Waals surface area contributed by atoms with E-state index in [2.05, 4.69) is 10.8 Å². The first-order chi connectivity index (χ1) is 11.7. The summed E-state index contributed by atoms with van der Waals surface area (Å²) in [5, 5.41) is 11.1. The lowest BCUT2D eigenvalue weighted by molar-refractivity contribution is 0.0548. The van der Waals surface area contributed by atoms with Gasteiger partial charge >= 0.3 is 0 Å². The number of benzene rings is 1. The molecule has 0 radical (unpaired) electrons. The van der Waals surface area contributed by atoms with E-state index < -0.39 is 5.60 Å². The molecule has 0 bridgehead atoms. The molecule has 0 saturated carbocycles. The molecule has 0 spiro atoms. The Labute approximate surface area is 143 Å². The molecule has 1 aromatic carbocycles. The van der Waals surface area contributed by atoms with Gasteiger partial charge in [-0.3, -0.25) is 0 Å². The minimum Gasteiger partial charge on any atom is -0.497 e. The molecule has 1 aliphatic heterocycles. The number of ether oxygens (including phenoxy) is 2. The predicted octanol–water partition coefficient (Wildman–Crippen LogP) is 2.45. The van der Waals surface area contributed by atoms with Crippen LogP contribution >= 0.6 is 0 Å². The Morgan fingerprint density at radius 2 is 2.00 bits per heavy atom. The highest BCUT2D eigenvalue weighted by atomic mass is 16.5. The lowest BCUT2D eigenvalue weighted by Crippen LogP contribution is -2.36. The average molecular weight is 325 g/mol. The van der Waals surface area contributed by atoms with Crippen LogP contribution in [0.3, 0.4) is 0 Å². The smallest absolute Gasteiger partial charge is 0.157 e. The fourth-order valence-electron chi connectivity index (χ4n) is 3.21. The maximum Gasteiger partial charge on any atom is 0.157 e. The van der Waals surface area contributed by atoms with E-state index in [1.54, 1.807) is 7.11 Å². The van der Waals surface area contributed by atoms with Crippen molar-refractivity contribution < 1.29 is 14.6 Å². The first-order valence-electron chi connectivity index (χ1n) is 8.23. The standard InChI is InChI=1S/C20H23NO3/c1-3-20(22,17-6-10-19(23-2)11-7-17)16-4-8-18(9-5-16)21-12-14-24-15-13-21/h1,4-6,8-11,17,22H,7,12-15H2,2H3. The van der Waals surface area contributed by atoms with Gasteiger partial charge < -0.3 is 19.5 Å². The van der Waals surface area contributed by atoms with Crippen molar-refractivity contribution in [3.8, 4) is 12.3 Å². The summed E-state index contributed by atoms with van der Waals surface area (Å²) in [5.41, 5.74) is 0.545. The normalized spacial score (nSPS) is 23.1. The van der Waals surface area contributed by atoms with Gasteiger partial charge in [-0.1, -0.05) is 24.1 Å². The van der Waals surface area contributed by atoms with E-state index in [-0.39, 0.29) is 5.92 Å². The number of hydrogen-bond acceptors (Lipinski definition) is 4. The molecular formula is C20H23NO3. The van der Waals surface area contributed by atoms with Crippen LogP contribution in [0.25, 0.3) is 0 Å². The number of morpholine rings is 1. The number of aliphatic hydroxyl groups is 1. The molecule has 1 aliphatic carbocycles. The van der Waals surface area contributed by atoms with Gasteiger partial charge in [0.15, 0.2) is 5.60 Å². The summed E-state index contributed by atoms with van der Waals surface area (Å²) < 4.78 is 10.6. The summed E-state index contributed by atoms with van der Waals surface area (Å²) in [7, 11) is 1.63. The molecule has 1 fully saturated rings. The van der Waals surface area contributed by atoms with E-state index in [9.17, 15) is 5.11 Å². The Kier molecular flexibility index (Phi) is 4.94. The number of allylic oxidation sites excluding steroid dienone is 2. The predicted molar refractivity (Wildman–Crippen MR) is 94.5 cm³/mol. The third-order valence-electron chi connectivity index (χ3n) is 4.74. The van der Waals surface area contributed by atoms with E-state index in [1.165, 1.54) is 0 Å². The van der Waals surface area contributed by atoms with Crippen molar-refractivity contribution in [3.63, 3.8) is 0 Å². The van der Waals surface area contributed by atoms with Gasteiger partial charge in [-0.15, -0.1) is 6.42 Å². The maximum absolute atomic E-state index is 11.1. The summed E-state index contributed by atoms with van der Waals surface area (Å²) in [4.78, 5) is 2.27. The van der Waals surface area contributed by atoms with E-state index in [0.29, 0.717) is 6.42 Å². The minimum atomic E-state index is -1.32. The van der Waals surface area contributed by atoms with Gasteiger partial charge in [0.05, 0.1) is 20.3 Å². The number of anilines is 1. The molecule has 2 atom stereocenters. The third kappa shape index (κ3) is 3.19. The summed E-state index contributed by atoms with van der Waals surface area (Å²) >= 11 is 0. The van der Waals surface area contributed by atoms with Gasteiger partial charge in [0, 0.05) is 24.7 Å². The topological polar surface area (TPSA) is 41.9 Å². The molecule has 3 rings (SSSR count). The Balaban J connectivity index is 1.79. The molecule has 126 valence electrons. The Bertz CT molecular complexity index is 665. The molecule has 1 heterocycles. The van der Waals surface area contributed by atoms with Crippen LogP contribution in [0.5, 0.6) is 0 Å². The summed E-state index contributed by atoms with van der Waals surface area (Å²) in [5.74, 6) is 3.23. The van der Waals surface area contributed by atoms with Crippen molar-refractivity contribution in [2.45, 2.75) is 12.0 Å². The SMILES string of the molecule is C#CC(O)(c1ccc(N2CCOCC2)cc1)C1C=CC(OC)=CC1. The largest absolute Gasteiger partial charge is 0.497 e. The van der Waals surface area contributed by atoms with Crippen molar-refractivity contribution >= 4 is 5.69 Å². The second-order valence-electron chi connectivity index (χ2n) is 6.07. The van der Waals surface area contributed by atoms with Crippen molar-refractivity contribution in [1.82, 2.24) is 0 Å². The second-order valence-corrected chi connectivity index (χ2v) is 6.07. The summed E-state index contributed by atoms with van der Waals surface area (Å²) in [6, 6.07) is 7.89. The second kappa shape index (κ2) is 7.12. The molecule has 4 nitrogen and oxygen atoms in total. The van der Waals surface area contributed by atoms with E-state index in [4.69, 9.17) is 15.9 Å². The number of hydrogen-bond donors (Lipinski definition) is 1. The summed E-state index contributed by atoms with van der Waals surface area (Å²) in [6.45, 7) is 3.26. The number of terminal acetylenes is 1. The lowest BCUT2D eigenvalue weighted by atomic mass is 9.78. The van der Waals surface area contributed by atoms with Crippen LogP contribution in [0.1, 0.15) is 12.0 Å². The summed E-state index contributed by atoms with van der Waals surface area (Å²) in [6.07, 6.45) is 12.1. The van der Waals surface area contributed by atoms with Gasteiger partial charge in [-0.2, -0.15) is 0 Å². The molecule has 0 amide bonds. The van der Waals surface area contributed by atoms with Gasteiger partial charge in [0.1, 0.15) is 5.76 Å². The van der Waals surface area contributed by atoms with E-state index in [1.807, 2.05) is 42.5 Å². The van der Waals surface area contributed by atoms with Crippen LogP contribution in [0.15, 0.2) is 48.3 Å². The van der Waals surface area contributed by atoms with Crippen LogP contribution < -0.4 is 4.90 Å². The maximum atomic E-state index is 11.1. The zero-order chi connectivity index (χ0) is 17.0. The molecular weight excluding hydrogens is 302 g/mol. The first-order valence-corrected chi connectivity index (χ1v) is 8.23. The van der Waals surface area contributed by atoms with Crippen LogP contribution in [0, 0.1) is 18.3 Å². The Hall–Kier alpha value is -2.22. The van der Waals surface area contributed by atoms with Gasteiger partial charge in [0.25, 0.3) is 0 Å². The molecule has 24 heavy (non-hydrogen) atoms. The quantitative estimate of drug-likeness (QED) is 0.864. The Morgan fingerprint density at radius 3 is 2.54 bits per heavy atom. The van der Waals surface area contributed by atoms with E-state index >= 15 is 0 Å².